The number of nitrogens with zero attached hydrogens (tertiary/aromatic N) is 1. The minimum absolute atomic E-state index is 0.378. The van der Waals surface area contributed by atoms with Crippen LogP contribution in [0.3, 0.4) is 0 Å². The maximum Gasteiger partial charge on any atom is 0.0466 e. The van der Waals surface area contributed by atoms with E-state index in [-0.39, 0.29) is 0 Å². The number of benzene rings is 2. The van der Waals surface area contributed by atoms with Crippen LogP contribution in [0.15, 0.2) is 54.6 Å². The van der Waals surface area contributed by atoms with Gasteiger partial charge in [-0.25, -0.2) is 0 Å². The third kappa shape index (κ3) is 4.34. The van der Waals surface area contributed by atoms with E-state index in [2.05, 4.69) is 66.8 Å². The fourth-order valence-corrected chi connectivity index (χ4v) is 2.36. The lowest BCUT2D eigenvalue weighted by atomic mass is 10.1. The van der Waals surface area contributed by atoms with Gasteiger partial charge in [-0.05, 0) is 37.4 Å². The highest BCUT2D eigenvalue weighted by molar-refractivity contribution is 6.30. The zero-order valence-electron chi connectivity index (χ0n) is 12.0. The molecule has 0 fully saturated rings. The largest absolute Gasteiger partial charge is 0.311 e. The Morgan fingerprint density at radius 2 is 1.65 bits per heavy atom. The van der Waals surface area contributed by atoms with Gasteiger partial charge in [0.25, 0.3) is 0 Å². The number of hydrogen-bond acceptors (Lipinski definition) is 2. The van der Waals surface area contributed by atoms with Crippen LogP contribution >= 0.6 is 11.6 Å². The van der Waals surface area contributed by atoms with Gasteiger partial charge in [0.2, 0.25) is 0 Å². The average molecular weight is 289 g/mol. The van der Waals surface area contributed by atoms with Crippen molar-refractivity contribution >= 4 is 11.6 Å². The first-order valence-corrected chi connectivity index (χ1v) is 7.21. The molecular formula is C17H21ClN2. The van der Waals surface area contributed by atoms with Crippen molar-refractivity contribution in [3.63, 3.8) is 0 Å². The van der Waals surface area contributed by atoms with Crippen molar-refractivity contribution in [1.82, 2.24) is 10.2 Å². The van der Waals surface area contributed by atoms with Gasteiger partial charge in [0.15, 0.2) is 0 Å². The molecule has 0 heterocycles. The molecule has 2 aromatic carbocycles. The zero-order chi connectivity index (χ0) is 14.4. The summed E-state index contributed by atoms with van der Waals surface area (Å²) in [6.07, 6.45) is 0. The lowest BCUT2D eigenvalue weighted by Crippen LogP contribution is -2.30. The van der Waals surface area contributed by atoms with Gasteiger partial charge in [0.05, 0.1) is 0 Å². The van der Waals surface area contributed by atoms with Gasteiger partial charge in [-0.1, -0.05) is 54.1 Å². The third-order valence-electron chi connectivity index (χ3n) is 3.39. The van der Waals surface area contributed by atoms with Crippen LogP contribution in [-0.2, 0) is 6.54 Å². The Bertz CT molecular complexity index is 508. The molecule has 20 heavy (non-hydrogen) atoms. The Balaban J connectivity index is 1.91. The SMILES string of the molecule is CN(C)C(CNCc1ccc(Cl)cc1)c1ccccc1. The minimum atomic E-state index is 0.378. The molecular weight excluding hydrogens is 268 g/mol. The molecule has 0 aliphatic carbocycles. The van der Waals surface area contributed by atoms with E-state index in [0.717, 1.165) is 18.1 Å². The van der Waals surface area contributed by atoms with Gasteiger partial charge in [0.1, 0.15) is 0 Å². The molecule has 0 saturated heterocycles. The van der Waals surface area contributed by atoms with Crippen LogP contribution in [-0.4, -0.2) is 25.5 Å². The summed E-state index contributed by atoms with van der Waals surface area (Å²) in [6, 6.07) is 18.9. The van der Waals surface area contributed by atoms with Crippen LogP contribution in [0.4, 0.5) is 0 Å². The first-order chi connectivity index (χ1) is 9.66. The molecule has 1 N–H and O–H groups in total. The lowest BCUT2D eigenvalue weighted by molar-refractivity contribution is 0.288. The third-order valence-corrected chi connectivity index (χ3v) is 3.64. The number of nitrogens with one attached hydrogen (secondary N) is 1. The molecule has 0 radical (unpaired) electrons. The van der Waals surface area contributed by atoms with E-state index in [9.17, 15) is 0 Å². The molecule has 3 heteroatoms. The molecule has 106 valence electrons. The first-order valence-electron chi connectivity index (χ1n) is 6.83. The van der Waals surface area contributed by atoms with Crippen LogP contribution in [0, 0.1) is 0 Å². The first kappa shape index (κ1) is 15.0. The highest BCUT2D eigenvalue weighted by atomic mass is 35.5. The van der Waals surface area contributed by atoms with Crippen LogP contribution < -0.4 is 5.32 Å². The van der Waals surface area contributed by atoms with Crippen LogP contribution in [0.25, 0.3) is 0 Å². The monoisotopic (exact) mass is 288 g/mol. The second-order valence-electron chi connectivity index (χ2n) is 5.15. The Morgan fingerprint density at radius 1 is 1.00 bits per heavy atom. The van der Waals surface area contributed by atoms with Gasteiger partial charge in [0, 0.05) is 24.2 Å². The van der Waals surface area contributed by atoms with E-state index in [1.807, 2.05) is 12.1 Å². The molecule has 0 aliphatic rings. The van der Waals surface area contributed by atoms with E-state index in [1.165, 1.54) is 11.1 Å². The van der Waals surface area contributed by atoms with Crippen molar-refractivity contribution in [1.29, 1.82) is 0 Å². The fraction of sp³-hybridized carbons (Fsp3) is 0.294. The van der Waals surface area contributed by atoms with Crippen LogP contribution in [0.1, 0.15) is 17.2 Å². The van der Waals surface area contributed by atoms with Gasteiger partial charge in [-0.3, -0.25) is 0 Å². The zero-order valence-corrected chi connectivity index (χ0v) is 12.8. The van der Waals surface area contributed by atoms with E-state index >= 15 is 0 Å². The van der Waals surface area contributed by atoms with Crippen molar-refractivity contribution < 1.29 is 0 Å². The van der Waals surface area contributed by atoms with E-state index in [4.69, 9.17) is 11.6 Å². The molecule has 0 amide bonds. The van der Waals surface area contributed by atoms with Gasteiger partial charge >= 0.3 is 0 Å². The highest BCUT2D eigenvalue weighted by Gasteiger charge is 2.12. The second-order valence-corrected chi connectivity index (χ2v) is 5.58. The predicted molar refractivity (Wildman–Crippen MR) is 86.0 cm³/mol. The molecule has 1 unspecified atom stereocenters. The quantitative estimate of drug-likeness (QED) is 0.871. The lowest BCUT2D eigenvalue weighted by Gasteiger charge is -2.25. The Morgan fingerprint density at radius 3 is 2.25 bits per heavy atom. The number of hydrogen-bond donors (Lipinski definition) is 1. The summed E-state index contributed by atoms with van der Waals surface area (Å²) in [5, 5.41) is 4.30. The average Bonchev–Trinajstić information content (AvgIpc) is 2.46. The van der Waals surface area contributed by atoms with Crippen molar-refractivity contribution in [2.24, 2.45) is 0 Å². The smallest absolute Gasteiger partial charge is 0.0466 e. The molecule has 0 aliphatic heterocycles. The molecule has 1 atom stereocenters. The topological polar surface area (TPSA) is 15.3 Å². The number of halogens is 1. The maximum atomic E-state index is 5.89. The van der Waals surface area contributed by atoms with Crippen molar-refractivity contribution in [3.05, 3.63) is 70.7 Å². The number of likely N-dealkylation sites (N-methyl/N-ethyl adjacent to an activating group) is 1. The van der Waals surface area contributed by atoms with Crippen molar-refractivity contribution in [3.8, 4) is 0 Å². The van der Waals surface area contributed by atoms with Crippen molar-refractivity contribution in [2.45, 2.75) is 12.6 Å². The van der Waals surface area contributed by atoms with E-state index < -0.39 is 0 Å². The van der Waals surface area contributed by atoms with Gasteiger partial charge < -0.3 is 10.2 Å². The summed E-state index contributed by atoms with van der Waals surface area (Å²) in [7, 11) is 4.23. The Kier molecular flexibility index (Phi) is 5.60. The summed E-state index contributed by atoms with van der Waals surface area (Å²) in [4.78, 5) is 2.24. The van der Waals surface area contributed by atoms with Crippen molar-refractivity contribution in [2.75, 3.05) is 20.6 Å². The van der Waals surface area contributed by atoms with Crippen LogP contribution in [0.2, 0.25) is 5.02 Å². The highest BCUT2D eigenvalue weighted by Crippen LogP contribution is 2.17. The predicted octanol–water partition coefficient (Wildman–Crippen LogP) is 3.73. The minimum Gasteiger partial charge on any atom is -0.311 e. The van der Waals surface area contributed by atoms with Crippen LogP contribution in [0.5, 0.6) is 0 Å². The summed E-state index contributed by atoms with van der Waals surface area (Å²) >= 11 is 5.89. The summed E-state index contributed by atoms with van der Waals surface area (Å²) in [5.74, 6) is 0. The molecule has 2 aromatic rings. The molecule has 0 saturated carbocycles. The summed E-state index contributed by atoms with van der Waals surface area (Å²) in [6.45, 7) is 1.77. The molecule has 0 spiro atoms. The Hall–Kier alpha value is -1.35. The summed E-state index contributed by atoms with van der Waals surface area (Å²) < 4.78 is 0. The standard InChI is InChI=1S/C17H21ClN2/c1-20(2)17(15-6-4-3-5-7-15)13-19-12-14-8-10-16(18)11-9-14/h3-11,17,19H,12-13H2,1-2H3. The number of rotatable bonds is 6. The maximum absolute atomic E-state index is 5.89. The summed E-state index contributed by atoms with van der Waals surface area (Å²) in [5.41, 5.74) is 2.58. The van der Waals surface area contributed by atoms with E-state index in [1.54, 1.807) is 0 Å². The van der Waals surface area contributed by atoms with E-state index in [0.29, 0.717) is 6.04 Å². The molecule has 0 aromatic heterocycles. The molecule has 2 nitrogen and oxygen atoms in total. The molecule has 2 rings (SSSR count). The normalized spacial score (nSPS) is 12.6. The van der Waals surface area contributed by atoms with Gasteiger partial charge in [-0.2, -0.15) is 0 Å². The molecule has 0 bridgehead atoms. The van der Waals surface area contributed by atoms with Gasteiger partial charge in [-0.15, -0.1) is 0 Å². The fourth-order valence-electron chi connectivity index (χ4n) is 2.23. The second kappa shape index (κ2) is 7.44. The Labute approximate surface area is 126 Å².